The fourth-order valence-electron chi connectivity index (χ4n) is 2.02. The molecular formula is C14H20ClNO. The highest BCUT2D eigenvalue weighted by molar-refractivity contribution is 6.32. The Morgan fingerprint density at radius 2 is 1.88 bits per heavy atom. The molecule has 1 aliphatic carbocycles. The number of hydrogen-bond acceptors (Lipinski definition) is 2. The lowest BCUT2D eigenvalue weighted by atomic mass is 10.1. The number of nitrogens with one attached hydrogen (secondary N) is 1. The minimum absolute atomic E-state index is 0.0305. The molecule has 3 heteroatoms. The molecule has 1 aliphatic rings. The van der Waals surface area contributed by atoms with Crippen molar-refractivity contribution in [2.24, 2.45) is 0 Å². The number of likely N-dealkylation sites (N-methyl/N-ethyl adjacent to an activating group) is 1. The van der Waals surface area contributed by atoms with E-state index < -0.39 is 0 Å². The number of hydrogen-bond donors (Lipinski definition) is 1. The molecule has 1 aromatic carbocycles. The maximum Gasteiger partial charge on any atom is 0.122 e. The summed E-state index contributed by atoms with van der Waals surface area (Å²) in [6.45, 7) is 8.08. The zero-order chi connectivity index (χ0) is 12.5. The van der Waals surface area contributed by atoms with Crippen LogP contribution in [0.15, 0.2) is 12.1 Å². The molecule has 17 heavy (non-hydrogen) atoms. The molecule has 2 nitrogen and oxygen atoms in total. The zero-order valence-corrected chi connectivity index (χ0v) is 11.5. The molecule has 0 bridgehead atoms. The van der Waals surface area contributed by atoms with Crippen molar-refractivity contribution in [1.82, 2.24) is 5.32 Å². The second-order valence-electron chi connectivity index (χ2n) is 4.94. The maximum absolute atomic E-state index is 6.15. The highest BCUT2D eigenvalue weighted by Crippen LogP contribution is 2.40. The van der Waals surface area contributed by atoms with E-state index >= 15 is 0 Å². The molecule has 0 aliphatic heterocycles. The van der Waals surface area contributed by atoms with Gasteiger partial charge in [-0.3, -0.25) is 0 Å². The molecule has 0 unspecified atom stereocenters. The summed E-state index contributed by atoms with van der Waals surface area (Å²) >= 11 is 6.15. The number of halogens is 1. The topological polar surface area (TPSA) is 21.3 Å². The van der Waals surface area contributed by atoms with Gasteiger partial charge in [0.1, 0.15) is 11.4 Å². The first kappa shape index (κ1) is 12.7. The Morgan fingerprint density at radius 3 is 2.35 bits per heavy atom. The first-order chi connectivity index (χ1) is 8.06. The molecule has 1 saturated carbocycles. The molecule has 94 valence electrons. The van der Waals surface area contributed by atoms with Gasteiger partial charge in [-0.25, -0.2) is 0 Å². The van der Waals surface area contributed by atoms with Crippen molar-refractivity contribution in [3.8, 4) is 5.75 Å². The highest BCUT2D eigenvalue weighted by Gasteiger charge is 2.45. The predicted molar refractivity (Wildman–Crippen MR) is 72.1 cm³/mol. The smallest absolute Gasteiger partial charge is 0.122 e. The predicted octanol–water partition coefficient (Wildman–Crippen LogP) is 3.48. The van der Waals surface area contributed by atoms with Crippen molar-refractivity contribution in [1.29, 1.82) is 0 Å². The summed E-state index contributed by atoms with van der Waals surface area (Å²) in [5.74, 6) is 0.944. The molecule has 0 aromatic heterocycles. The van der Waals surface area contributed by atoms with Crippen molar-refractivity contribution in [3.05, 3.63) is 28.3 Å². The molecule has 0 atom stereocenters. The lowest BCUT2D eigenvalue weighted by Gasteiger charge is -2.19. The lowest BCUT2D eigenvalue weighted by molar-refractivity contribution is 0.176. The van der Waals surface area contributed by atoms with Gasteiger partial charge in [-0.2, -0.15) is 0 Å². The standard InChI is InChI=1S/C14H20ClNO/c1-4-16-9-14(5-6-14)17-12-7-10(2)13(15)11(3)8-12/h7-8,16H,4-6,9H2,1-3H3. The highest BCUT2D eigenvalue weighted by atomic mass is 35.5. The Hall–Kier alpha value is -0.730. The van der Waals surface area contributed by atoms with Crippen LogP contribution in [0.4, 0.5) is 0 Å². The van der Waals surface area contributed by atoms with Crippen molar-refractivity contribution in [2.75, 3.05) is 13.1 Å². The largest absolute Gasteiger partial charge is 0.486 e. The van der Waals surface area contributed by atoms with Gasteiger partial charge in [0.15, 0.2) is 0 Å². The molecule has 0 amide bonds. The van der Waals surface area contributed by atoms with Crippen LogP contribution in [-0.4, -0.2) is 18.7 Å². The van der Waals surface area contributed by atoms with Gasteiger partial charge in [0.05, 0.1) is 0 Å². The van der Waals surface area contributed by atoms with Crippen molar-refractivity contribution in [3.63, 3.8) is 0 Å². The van der Waals surface area contributed by atoms with Gasteiger partial charge in [-0.1, -0.05) is 18.5 Å². The number of benzene rings is 1. The van der Waals surface area contributed by atoms with Crippen LogP contribution >= 0.6 is 11.6 Å². The van der Waals surface area contributed by atoms with E-state index in [2.05, 4.69) is 12.2 Å². The van der Waals surface area contributed by atoms with Gasteiger partial charge in [-0.15, -0.1) is 0 Å². The van der Waals surface area contributed by atoms with Crippen LogP contribution in [0.25, 0.3) is 0 Å². The molecule has 1 N–H and O–H groups in total. The van der Waals surface area contributed by atoms with Gasteiger partial charge in [0.25, 0.3) is 0 Å². The van der Waals surface area contributed by atoms with E-state index in [1.165, 1.54) is 0 Å². The van der Waals surface area contributed by atoms with Crippen LogP contribution in [-0.2, 0) is 0 Å². The second-order valence-corrected chi connectivity index (χ2v) is 5.31. The molecule has 1 aromatic rings. The Kier molecular flexibility index (Phi) is 3.64. The molecule has 0 saturated heterocycles. The number of ether oxygens (including phenoxy) is 1. The van der Waals surface area contributed by atoms with Gasteiger partial charge < -0.3 is 10.1 Å². The zero-order valence-electron chi connectivity index (χ0n) is 10.8. The summed E-state index contributed by atoms with van der Waals surface area (Å²) in [5, 5.41) is 4.20. The molecule has 0 heterocycles. The Balaban J connectivity index is 2.09. The van der Waals surface area contributed by atoms with Gasteiger partial charge >= 0.3 is 0 Å². The third-order valence-electron chi connectivity index (χ3n) is 3.25. The van der Waals surface area contributed by atoms with E-state index in [4.69, 9.17) is 16.3 Å². The molecule has 2 rings (SSSR count). The fraction of sp³-hybridized carbons (Fsp3) is 0.571. The summed E-state index contributed by atoms with van der Waals surface area (Å²) in [6.07, 6.45) is 2.28. The Bertz CT molecular complexity index is 390. The molecule has 0 spiro atoms. The molecular weight excluding hydrogens is 234 g/mol. The van der Waals surface area contributed by atoms with E-state index in [0.29, 0.717) is 0 Å². The average molecular weight is 254 g/mol. The first-order valence-electron chi connectivity index (χ1n) is 6.23. The van der Waals surface area contributed by atoms with Crippen LogP contribution in [0.3, 0.4) is 0 Å². The molecule has 1 fully saturated rings. The van der Waals surface area contributed by atoms with Gasteiger partial charge in [-0.05, 0) is 56.5 Å². The molecule has 0 radical (unpaired) electrons. The lowest BCUT2D eigenvalue weighted by Crippen LogP contribution is -2.33. The van der Waals surface area contributed by atoms with Gasteiger partial charge in [0, 0.05) is 11.6 Å². The summed E-state index contributed by atoms with van der Waals surface area (Å²) in [4.78, 5) is 0. The van der Waals surface area contributed by atoms with Crippen molar-refractivity contribution >= 4 is 11.6 Å². The minimum Gasteiger partial charge on any atom is -0.486 e. The SMILES string of the molecule is CCNCC1(Oc2cc(C)c(Cl)c(C)c2)CC1. The fourth-order valence-corrected chi connectivity index (χ4v) is 2.13. The van der Waals surface area contributed by atoms with E-state index in [9.17, 15) is 0 Å². The third kappa shape index (κ3) is 2.93. The van der Waals surface area contributed by atoms with E-state index in [0.717, 1.165) is 47.8 Å². The quantitative estimate of drug-likeness (QED) is 0.868. The van der Waals surface area contributed by atoms with Crippen LogP contribution in [0.1, 0.15) is 30.9 Å². The summed E-state index contributed by atoms with van der Waals surface area (Å²) in [7, 11) is 0. The van der Waals surface area contributed by atoms with E-state index in [-0.39, 0.29) is 5.60 Å². The summed E-state index contributed by atoms with van der Waals surface area (Å²) < 4.78 is 6.11. The number of rotatable bonds is 5. The van der Waals surface area contributed by atoms with Gasteiger partial charge in [0.2, 0.25) is 0 Å². The minimum atomic E-state index is 0.0305. The van der Waals surface area contributed by atoms with Crippen LogP contribution in [0.2, 0.25) is 5.02 Å². The first-order valence-corrected chi connectivity index (χ1v) is 6.60. The van der Waals surface area contributed by atoms with Crippen LogP contribution in [0, 0.1) is 13.8 Å². The average Bonchev–Trinajstić information content (AvgIpc) is 3.03. The van der Waals surface area contributed by atoms with Crippen molar-refractivity contribution < 1.29 is 4.74 Å². The summed E-state index contributed by atoms with van der Waals surface area (Å²) in [5.41, 5.74) is 2.20. The Morgan fingerprint density at radius 1 is 1.29 bits per heavy atom. The van der Waals surface area contributed by atoms with E-state index in [1.807, 2.05) is 26.0 Å². The van der Waals surface area contributed by atoms with Crippen LogP contribution in [0.5, 0.6) is 5.75 Å². The summed E-state index contributed by atoms with van der Waals surface area (Å²) in [6, 6.07) is 4.06. The Labute approximate surface area is 108 Å². The normalized spacial score (nSPS) is 16.9. The third-order valence-corrected chi connectivity index (χ3v) is 3.85. The van der Waals surface area contributed by atoms with Crippen LogP contribution < -0.4 is 10.1 Å². The van der Waals surface area contributed by atoms with Crippen molar-refractivity contribution in [2.45, 2.75) is 39.2 Å². The van der Waals surface area contributed by atoms with E-state index in [1.54, 1.807) is 0 Å². The monoisotopic (exact) mass is 253 g/mol. The maximum atomic E-state index is 6.15. The number of aryl methyl sites for hydroxylation is 2. The second kappa shape index (κ2) is 4.87.